The molecule has 1 fully saturated rings. The first kappa shape index (κ1) is 18.3. The van der Waals surface area contributed by atoms with Crippen LogP contribution in [-0.4, -0.2) is 11.0 Å². The largest absolute Gasteiger partial charge is 0.354 e. The van der Waals surface area contributed by atoms with Crippen molar-refractivity contribution in [2.45, 2.75) is 6.04 Å². The van der Waals surface area contributed by atoms with Crippen LogP contribution in [0.3, 0.4) is 0 Å². The fraction of sp³-hybridized carbons (Fsp3) is 0.111. The predicted octanol–water partition coefficient (Wildman–Crippen LogP) is 3.91. The molecule has 1 amide bonds. The Balaban J connectivity index is 1.95. The van der Waals surface area contributed by atoms with E-state index in [0.717, 1.165) is 0 Å². The average molecular weight is 394 g/mol. The lowest BCUT2D eigenvalue weighted by Gasteiger charge is -2.35. The molecule has 1 aliphatic heterocycles. The molecule has 0 aliphatic carbocycles. The van der Waals surface area contributed by atoms with Crippen molar-refractivity contribution in [3.05, 3.63) is 77.0 Å². The molecule has 3 rings (SSSR count). The zero-order chi connectivity index (χ0) is 18.8. The fourth-order valence-corrected chi connectivity index (χ4v) is 3.33. The molecule has 0 radical (unpaired) electrons. The van der Waals surface area contributed by atoms with Gasteiger partial charge in [0.05, 0.1) is 6.04 Å². The monoisotopic (exact) mass is 393 g/mol. The zero-order valence-electron chi connectivity index (χ0n) is 13.4. The van der Waals surface area contributed by atoms with Crippen LogP contribution in [0.15, 0.2) is 54.7 Å². The molecule has 0 bridgehead atoms. The van der Waals surface area contributed by atoms with Gasteiger partial charge in [0.2, 0.25) is 5.91 Å². The summed E-state index contributed by atoms with van der Waals surface area (Å²) in [6.45, 7) is 3.83. The van der Waals surface area contributed by atoms with E-state index in [1.165, 1.54) is 42.5 Å². The Morgan fingerprint density at radius 1 is 1.19 bits per heavy atom. The van der Waals surface area contributed by atoms with Gasteiger partial charge in [-0.15, -0.1) is 0 Å². The van der Waals surface area contributed by atoms with E-state index in [1.54, 1.807) is 0 Å². The lowest BCUT2D eigenvalue weighted by atomic mass is 9.88. The summed E-state index contributed by atoms with van der Waals surface area (Å²) in [5.74, 6) is -2.35. The molecule has 1 heterocycles. The topological polar surface area (TPSA) is 53.2 Å². The van der Waals surface area contributed by atoms with Gasteiger partial charge in [0.15, 0.2) is 5.11 Å². The van der Waals surface area contributed by atoms with E-state index in [0.29, 0.717) is 11.4 Å². The third kappa shape index (κ3) is 3.68. The SMILES string of the molecule is C=C1NC(=S)N[C@H](c2c(F)cccc2Cl)[C@H]1C(=O)Nc1ccc(F)cc1. The molecule has 0 saturated carbocycles. The van der Waals surface area contributed by atoms with Gasteiger partial charge < -0.3 is 16.0 Å². The van der Waals surface area contributed by atoms with Gasteiger partial charge in [-0.25, -0.2) is 8.78 Å². The molecule has 2 aromatic carbocycles. The van der Waals surface area contributed by atoms with Crippen molar-refractivity contribution in [3.63, 3.8) is 0 Å². The van der Waals surface area contributed by atoms with Crippen LogP contribution >= 0.6 is 23.8 Å². The summed E-state index contributed by atoms with van der Waals surface area (Å²) in [5.41, 5.74) is 0.826. The number of carbonyl (C=O) groups is 1. The minimum absolute atomic E-state index is 0.124. The van der Waals surface area contributed by atoms with Crippen molar-refractivity contribution < 1.29 is 13.6 Å². The Kier molecular flexibility index (Phi) is 5.20. The third-order valence-corrected chi connectivity index (χ3v) is 4.52. The van der Waals surface area contributed by atoms with Crippen LogP contribution in [0, 0.1) is 17.6 Å². The predicted molar refractivity (Wildman–Crippen MR) is 101 cm³/mol. The van der Waals surface area contributed by atoms with E-state index in [4.69, 9.17) is 23.8 Å². The van der Waals surface area contributed by atoms with Gasteiger partial charge in [0.1, 0.15) is 17.6 Å². The van der Waals surface area contributed by atoms with E-state index in [-0.39, 0.29) is 15.7 Å². The third-order valence-electron chi connectivity index (χ3n) is 3.97. The summed E-state index contributed by atoms with van der Waals surface area (Å²) in [5, 5.41) is 8.72. The summed E-state index contributed by atoms with van der Waals surface area (Å²) in [6.07, 6.45) is 0. The Labute approximate surface area is 159 Å². The molecular formula is C18H14ClF2N3OS. The molecule has 0 spiro atoms. The molecule has 0 unspecified atom stereocenters. The summed E-state index contributed by atoms with van der Waals surface area (Å²) in [6, 6.07) is 8.72. The van der Waals surface area contributed by atoms with E-state index >= 15 is 0 Å². The van der Waals surface area contributed by atoms with Crippen LogP contribution in [0.2, 0.25) is 5.02 Å². The molecule has 26 heavy (non-hydrogen) atoms. The highest BCUT2D eigenvalue weighted by molar-refractivity contribution is 7.80. The molecule has 134 valence electrons. The van der Waals surface area contributed by atoms with Crippen molar-refractivity contribution in [2.24, 2.45) is 5.92 Å². The van der Waals surface area contributed by atoms with Crippen LogP contribution in [0.1, 0.15) is 11.6 Å². The van der Waals surface area contributed by atoms with Gasteiger partial charge in [0, 0.05) is 22.0 Å². The normalized spacial score (nSPS) is 19.5. The number of hydrogen-bond acceptors (Lipinski definition) is 2. The average Bonchev–Trinajstić information content (AvgIpc) is 2.56. The van der Waals surface area contributed by atoms with Crippen molar-refractivity contribution in [2.75, 3.05) is 5.32 Å². The second-order valence-corrected chi connectivity index (χ2v) is 6.53. The Morgan fingerprint density at radius 2 is 1.88 bits per heavy atom. The van der Waals surface area contributed by atoms with Crippen molar-refractivity contribution in [1.82, 2.24) is 10.6 Å². The lowest BCUT2D eigenvalue weighted by Crippen LogP contribution is -2.52. The Hall–Kier alpha value is -2.51. The highest BCUT2D eigenvalue weighted by Crippen LogP contribution is 2.35. The molecule has 1 saturated heterocycles. The van der Waals surface area contributed by atoms with Gasteiger partial charge >= 0.3 is 0 Å². The Morgan fingerprint density at radius 3 is 2.54 bits per heavy atom. The van der Waals surface area contributed by atoms with E-state index in [9.17, 15) is 13.6 Å². The minimum atomic E-state index is -0.902. The number of carbonyl (C=O) groups excluding carboxylic acids is 1. The molecule has 8 heteroatoms. The molecule has 0 aromatic heterocycles. The number of rotatable bonds is 3. The standard InChI is InChI=1S/C18H14ClF2N3OS/c1-9-14(17(25)23-11-7-5-10(20)6-8-11)16(24-18(26)22-9)15-12(19)3-2-4-13(15)21/h2-8,14,16H,1H2,(H,23,25)(H2,22,24,26)/t14-,16-/m0/s1. The summed E-state index contributed by atoms with van der Waals surface area (Å²) < 4.78 is 27.4. The van der Waals surface area contributed by atoms with E-state index in [2.05, 4.69) is 22.5 Å². The number of nitrogens with one attached hydrogen (secondary N) is 3. The number of amides is 1. The minimum Gasteiger partial charge on any atom is -0.354 e. The van der Waals surface area contributed by atoms with Crippen molar-refractivity contribution in [1.29, 1.82) is 0 Å². The van der Waals surface area contributed by atoms with Gasteiger partial charge in [-0.05, 0) is 48.6 Å². The van der Waals surface area contributed by atoms with Crippen LogP contribution in [0.4, 0.5) is 14.5 Å². The Bertz CT molecular complexity index is 868. The van der Waals surface area contributed by atoms with Gasteiger partial charge in [-0.2, -0.15) is 0 Å². The van der Waals surface area contributed by atoms with E-state index in [1.807, 2.05) is 0 Å². The maximum Gasteiger partial charge on any atom is 0.235 e. The van der Waals surface area contributed by atoms with Gasteiger partial charge in [-0.3, -0.25) is 4.79 Å². The van der Waals surface area contributed by atoms with Crippen LogP contribution < -0.4 is 16.0 Å². The lowest BCUT2D eigenvalue weighted by molar-refractivity contribution is -0.119. The quantitative estimate of drug-likeness (QED) is 0.692. The number of halogens is 3. The van der Waals surface area contributed by atoms with Crippen LogP contribution in [0.25, 0.3) is 0 Å². The zero-order valence-corrected chi connectivity index (χ0v) is 14.9. The first-order valence-corrected chi connectivity index (χ1v) is 8.42. The number of benzene rings is 2. The molecule has 1 aliphatic rings. The highest BCUT2D eigenvalue weighted by atomic mass is 35.5. The van der Waals surface area contributed by atoms with Gasteiger partial charge in [0.25, 0.3) is 0 Å². The maximum absolute atomic E-state index is 14.4. The molecule has 2 atom stereocenters. The molecular weight excluding hydrogens is 380 g/mol. The first-order valence-electron chi connectivity index (χ1n) is 7.63. The fourth-order valence-electron chi connectivity index (χ4n) is 2.79. The van der Waals surface area contributed by atoms with Crippen molar-refractivity contribution >= 4 is 40.5 Å². The summed E-state index contributed by atoms with van der Waals surface area (Å²) in [4.78, 5) is 12.8. The highest BCUT2D eigenvalue weighted by Gasteiger charge is 2.39. The number of hydrogen-bond donors (Lipinski definition) is 3. The van der Waals surface area contributed by atoms with Gasteiger partial charge in [-0.1, -0.05) is 24.2 Å². The van der Waals surface area contributed by atoms with Crippen LogP contribution in [-0.2, 0) is 4.79 Å². The molecule has 2 aromatic rings. The summed E-state index contributed by atoms with van der Waals surface area (Å²) in [7, 11) is 0. The first-order chi connectivity index (χ1) is 12.4. The van der Waals surface area contributed by atoms with Crippen LogP contribution in [0.5, 0.6) is 0 Å². The smallest absolute Gasteiger partial charge is 0.235 e. The van der Waals surface area contributed by atoms with E-state index < -0.39 is 29.5 Å². The second-order valence-electron chi connectivity index (χ2n) is 5.71. The molecule has 3 N–H and O–H groups in total. The number of anilines is 1. The number of thiocarbonyl (C=S) groups is 1. The second kappa shape index (κ2) is 7.39. The molecule has 4 nitrogen and oxygen atoms in total. The summed E-state index contributed by atoms with van der Waals surface area (Å²) >= 11 is 11.3. The maximum atomic E-state index is 14.4. The van der Waals surface area contributed by atoms with Crippen molar-refractivity contribution in [3.8, 4) is 0 Å².